The normalized spacial score (nSPS) is 11.8. The Labute approximate surface area is 265 Å². The highest BCUT2D eigenvalue weighted by molar-refractivity contribution is 8.01. The number of sulfone groups is 2. The van der Waals surface area contributed by atoms with Gasteiger partial charge >= 0.3 is 12.1 Å². The number of carbonyl (C=O) groups excluding carboxylic acids is 1. The second kappa shape index (κ2) is 14.8. The van der Waals surface area contributed by atoms with Crippen LogP contribution in [0.15, 0.2) is 56.5 Å². The first-order chi connectivity index (χ1) is 20.2. The molecule has 1 amide bonds. The van der Waals surface area contributed by atoms with Gasteiger partial charge in [0, 0.05) is 23.3 Å². The third-order valence-corrected chi connectivity index (χ3v) is 11.2. The summed E-state index contributed by atoms with van der Waals surface area (Å²) in [6.45, 7) is 1.80. The molecule has 0 saturated heterocycles. The lowest BCUT2D eigenvalue weighted by atomic mass is 9.98. The number of halogens is 4. The SMILES string of the molecule is CSc1sc(C(=N)N)cc1S(=O)(=O)c1cccc(-c2c(C)cc(Cl)cc2NC(=O)CCCS(C)(=O)=O)c1.O=C(O)C(F)(F)F. The Morgan fingerprint density at radius 3 is 2.27 bits per heavy atom. The fourth-order valence-corrected chi connectivity index (χ4v) is 8.54. The standard InChI is InChI=1S/C24H26ClN3O5S4.C2HF3O2/c1-14-10-16(25)12-18(28-21(29)8-5-9-36(3,30)31)22(14)15-6-4-7-17(11-15)37(32,33)20-13-19(23(26)27)35-24(20)34-2;3-2(4,5)1(6)7/h4,6-7,10-13H,5,8-9H2,1-3H3,(H3,26,27)(H,28,29);(H,6,7). The second-order valence-electron chi connectivity index (χ2n) is 9.14. The van der Waals surface area contributed by atoms with Crippen molar-refractivity contribution in [2.24, 2.45) is 5.73 Å². The summed E-state index contributed by atoms with van der Waals surface area (Å²) in [5.74, 6) is -3.44. The molecule has 18 heteroatoms. The number of nitrogens with two attached hydrogens (primary N) is 1. The Morgan fingerprint density at radius 2 is 1.75 bits per heavy atom. The number of anilines is 1. The number of amides is 1. The summed E-state index contributed by atoms with van der Waals surface area (Å²) in [5, 5.41) is 18.0. The Kier molecular flexibility index (Phi) is 12.4. The summed E-state index contributed by atoms with van der Waals surface area (Å²) in [6, 6.07) is 11.1. The van der Waals surface area contributed by atoms with Crippen LogP contribution in [0.25, 0.3) is 11.1 Å². The molecule has 0 spiro atoms. The van der Waals surface area contributed by atoms with Crippen molar-refractivity contribution in [1.29, 1.82) is 5.41 Å². The van der Waals surface area contributed by atoms with Gasteiger partial charge in [-0.15, -0.1) is 23.1 Å². The molecule has 0 radical (unpaired) electrons. The van der Waals surface area contributed by atoms with E-state index in [9.17, 15) is 34.8 Å². The van der Waals surface area contributed by atoms with Crippen LogP contribution in [0.1, 0.15) is 23.3 Å². The van der Waals surface area contributed by atoms with Gasteiger partial charge in [0.2, 0.25) is 15.7 Å². The predicted molar refractivity (Wildman–Crippen MR) is 165 cm³/mol. The third kappa shape index (κ3) is 10.2. The number of hydrogen-bond donors (Lipinski definition) is 4. The Bertz CT molecular complexity index is 1790. The van der Waals surface area contributed by atoms with Crippen LogP contribution in [0.4, 0.5) is 18.9 Å². The first-order valence-corrected chi connectivity index (χ1v) is 18.1. The van der Waals surface area contributed by atoms with E-state index in [0.29, 0.717) is 36.5 Å². The molecule has 0 unspecified atom stereocenters. The zero-order valence-corrected chi connectivity index (χ0v) is 27.3. The summed E-state index contributed by atoms with van der Waals surface area (Å²) in [6.07, 6.45) is -2.04. The number of hydrogen-bond acceptors (Lipinski definition) is 9. The van der Waals surface area contributed by atoms with E-state index in [1.54, 1.807) is 37.4 Å². The fourth-order valence-electron chi connectivity index (χ4n) is 3.70. The molecule has 3 aromatic rings. The van der Waals surface area contributed by atoms with Crippen LogP contribution >= 0.6 is 34.7 Å². The van der Waals surface area contributed by atoms with E-state index in [4.69, 9.17) is 32.6 Å². The summed E-state index contributed by atoms with van der Waals surface area (Å²) in [4.78, 5) is 22.0. The number of alkyl halides is 3. The molecule has 0 saturated carbocycles. The van der Waals surface area contributed by atoms with E-state index in [2.05, 4.69) is 5.32 Å². The molecule has 44 heavy (non-hydrogen) atoms. The quantitative estimate of drug-likeness (QED) is 0.118. The minimum absolute atomic E-state index is 0.000585. The van der Waals surface area contributed by atoms with E-state index in [1.807, 2.05) is 0 Å². The largest absolute Gasteiger partial charge is 0.490 e. The number of nitrogens with one attached hydrogen (secondary N) is 2. The monoisotopic (exact) mass is 713 g/mol. The predicted octanol–water partition coefficient (Wildman–Crippen LogP) is 5.61. The number of amidine groups is 1. The minimum atomic E-state index is -5.08. The molecule has 0 bridgehead atoms. The number of rotatable bonds is 10. The smallest absolute Gasteiger partial charge is 0.475 e. The van der Waals surface area contributed by atoms with Gasteiger partial charge in [0.1, 0.15) is 15.7 Å². The van der Waals surface area contributed by atoms with E-state index in [-0.39, 0.29) is 40.1 Å². The van der Waals surface area contributed by atoms with Gasteiger partial charge in [-0.3, -0.25) is 10.2 Å². The molecule has 2 aromatic carbocycles. The number of carboxylic acids is 1. The van der Waals surface area contributed by atoms with Crippen molar-refractivity contribution >= 4 is 77.8 Å². The number of benzene rings is 2. The van der Waals surface area contributed by atoms with Crippen molar-refractivity contribution in [2.75, 3.05) is 23.6 Å². The molecule has 0 aliphatic heterocycles. The van der Waals surface area contributed by atoms with E-state index >= 15 is 0 Å². The average molecular weight is 714 g/mol. The van der Waals surface area contributed by atoms with Crippen LogP contribution in [0, 0.1) is 12.3 Å². The van der Waals surface area contributed by atoms with Crippen LogP contribution in [-0.2, 0) is 29.3 Å². The summed E-state index contributed by atoms with van der Waals surface area (Å²) < 4.78 is 82.2. The molecule has 1 heterocycles. The molecule has 3 rings (SSSR count). The highest BCUT2D eigenvalue weighted by Crippen LogP contribution is 2.39. The van der Waals surface area contributed by atoms with Crippen LogP contribution < -0.4 is 11.1 Å². The third-order valence-electron chi connectivity index (χ3n) is 5.58. The molecular weight excluding hydrogens is 687 g/mol. The summed E-state index contributed by atoms with van der Waals surface area (Å²) in [5.41, 5.74) is 7.84. The Balaban J connectivity index is 0.000000860. The van der Waals surface area contributed by atoms with Gasteiger partial charge in [0.15, 0.2) is 0 Å². The molecular formula is C26H27ClF3N3O7S4. The maximum atomic E-state index is 13.6. The van der Waals surface area contributed by atoms with Gasteiger partial charge in [-0.05, 0) is 61.1 Å². The van der Waals surface area contributed by atoms with Gasteiger partial charge in [0.25, 0.3) is 0 Å². The second-order valence-corrected chi connectivity index (χ2v) is 15.9. The molecule has 5 N–H and O–H groups in total. The van der Waals surface area contributed by atoms with E-state index in [0.717, 1.165) is 17.6 Å². The van der Waals surface area contributed by atoms with Crippen molar-refractivity contribution in [2.45, 2.75) is 39.9 Å². The maximum absolute atomic E-state index is 13.6. The van der Waals surface area contributed by atoms with Crippen molar-refractivity contribution in [3.63, 3.8) is 0 Å². The van der Waals surface area contributed by atoms with E-state index < -0.39 is 31.8 Å². The van der Waals surface area contributed by atoms with Gasteiger partial charge in [0.05, 0.1) is 30.3 Å². The number of thiophene rings is 1. The number of carbonyl (C=O) groups is 2. The molecule has 0 aliphatic rings. The van der Waals surface area contributed by atoms with Crippen molar-refractivity contribution in [3.8, 4) is 11.1 Å². The Morgan fingerprint density at radius 1 is 1.14 bits per heavy atom. The lowest BCUT2D eigenvalue weighted by Crippen LogP contribution is -2.21. The summed E-state index contributed by atoms with van der Waals surface area (Å²) in [7, 11) is -7.13. The number of nitrogen functional groups attached to an aromatic ring is 1. The van der Waals surface area contributed by atoms with Crippen molar-refractivity contribution in [1.82, 2.24) is 0 Å². The highest BCUT2D eigenvalue weighted by atomic mass is 35.5. The van der Waals surface area contributed by atoms with Gasteiger partial charge < -0.3 is 16.2 Å². The van der Waals surface area contributed by atoms with Gasteiger partial charge in [-0.25, -0.2) is 21.6 Å². The van der Waals surface area contributed by atoms with Crippen LogP contribution in [-0.4, -0.2) is 64.1 Å². The van der Waals surface area contributed by atoms with Crippen LogP contribution in [0.5, 0.6) is 0 Å². The van der Waals surface area contributed by atoms with Gasteiger partial charge in [-0.1, -0.05) is 23.7 Å². The number of carboxylic acid groups (broad SMARTS) is 1. The maximum Gasteiger partial charge on any atom is 0.490 e. The molecule has 240 valence electrons. The van der Waals surface area contributed by atoms with Crippen molar-refractivity contribution in [3.05, 3.63) is 57.9 Å². The zero-order chi connectivity index (χ0) is 33.6. The number of thioether (sulfide) groups is 1. The minimum Gasteiger partial charge on any atom is -0.475 e. The van der Waals surface area contributed by atoms with Crippen LogP contribution in [0.3, 0.4) is 0 Å². The van der Waals surface area contributed by atoms with Gasteiger partial charge in [-0.2, -0.15) is 13.2 Å². The molecule has 1 aromatic heterocycles. The lowest BCUT2D eigenvalue weighted by Gasteiger charge is -2.16. The number of aliphatic carboxylic acids is 1. The summed E-state index contributed by atoms with van der Waals surface area (Å²) >= 11 is 8.66. The molecule has 0 fully saturated rings. The molecule has 0 aliphatic carbocycles. The topological polar surface area (TPSA) is 185 Å². The number of aryl methyl sites for hydroxylation is 1. The Hall–Kier alpha value is -3.12. The average Bonchev–Trinajstić information content (AvgIpc) is 3.33. The first-order valence-electron chi connectivity index (χ1n) is 12.1. The molecule has 10 nitrogen and oxygen atoms in total. The molecule has 0 atom stereocenters. The van der Waals surface area contributed by atoms with E-state index in [1.165, 1.54) is 30.0 Å². The first kappa shape index (κ1) is 37.1. The zero-order valence-electron chi connectivity index (χ0n) is 23.3. The lowest BCUT2D eigenvalue weighted by molar-refractivity contribution is -0.192. The van der Waals surface area contributed by atoms with Crippen LogP contribution in [0.2, 0.25) is 5.02 Å². The highest BCUT2D eigenvalue weighted by Gasteiger charge is 2.38. The fraction of sp³-hybridized carbons (Fsp3) is 0.269. The van der Waals surface area contributed by atoms with Crippen molar-refractivity contribution < 1.29 is 44.7 Å².